The Labute approximate surface area is 156 Å². The fourth-order valence-electron chi connectivity index (χ4n) is 3.20. The molecular weight excluding hydrogens is 340 g/mol. The van der Waals surface area contributed by atoms with Gasteiger partial charge < -0.3 is 4.42 Å². The zero-order valence-corrected chi connectivity index (χ0v) is 14.8. The molecule has 0 aliphatic carbocycles. The predicted molar refractivity (Wildman–Crippen MR) is 105 cm³/mol. The third-order valence-corrected chi connectivity index (χ3v) is 4.53. The Morgan fingerprint density at radius 1 is 1.15 bits per heavy atom. The molecule has 1 amide bonds. The Bertz CT molecular complexity index is 1110. The van der Waals surface area contributed by atoms with Gasteiger partial charge in [-0.05, 0) is 17.7 Å². The van der Waals surface area contributed by atoms with E-state index in [-0.39, 0.29) is 11.9 Å². The normalized spacial score (nSPS) is 16.9. The van der Waals surface area contributed by atoms with E-state index >= 15 is 0 Å². The summed E-state index contributed by atoms with van der Waals surface area (Å²) in [6.07, 6.45) is 4.36. The van der Waals surface area contributed by atoms with Gasteiger partial charge in [0.1, 0.15) is 5.58 Å². The van der Waals surface area contributed by atoms with Crippen molar-refractivity contribution in [3.05, 3.63) is 88.3 Å². The highest BCUT2D eigenvalue weighted by Crippen LogP contribution is 2.23. The lowest BCUT2D eigenvalue weighted by atomic mass is 10.0. The quantitative estimate of drug-likeness (QED) is 0.669. The van der Waals surface area contributed by atoms with Crippen LogP contribution in [-0.4, -0.2) is 22.7 Å². The van der Waals surface area contributed by atoms with Crippen molar-refractivity contribution in [3.63, 3.8) is 0 Å². The smallest absolute Gasteiger partial charge is 0.345 e. The molecule has 1 aromatic heterocycles. The molecule has 2 heterocycles. The third-order valence-electron chi connectivity index (χ3n) is 4.53. The Balaban J connectivity index is 1.67. The number of hydrogen-bond donors (Lipinski definition) is 0. The van der Waals surface area contributed by atoms with E-state index in [2.05, 4.69) is 5.10 Å². The van der Waals surface area contributed by atoms with Gasteiger partial charge in [-0.2, -0.15) is 5.10 Å². The van der Waals surface area contributed by atoms with Gasteiger partial charge in [0, 0.05) is 18.7 Å². The molecule has 0 spiro atoms. The summed E-state index contributed by atoms with van der Waals surface area (Å²) in [5.74, 6) is -0.169. The number of amides is 1. The van der Waals surface area contributed by atoms with E-state index in [1.54, 1.807) is 12.1 Å². The summed E-state index contributed by atoms with van der Waals surface area (Å²) in [5, 5.41) is 6.65. The number of hydrogen-bond acceptors (Lipinski definition) is 4. The summed E-state index contributed by atoms with van der Waals surface area (Å²) in [7, 11) is 0. The monoisotopic (exact) mass is 358 g/mol. The maximum atomic E-state index is 12.4. The van der Waals surface area contributed by atoms with Crippen molar-refractivity contribution >= 4 is 28.7 Å². The number of nitrogens with zero attached hydrogens (tertiary/aromatic N) is 2. The van der Waals surface area contributed by atoms with Crippen LogP contribution in [0.1, 0.15) is 24.5 Å². The molecule has 0 saturated heterocycles. The molecule has 4 rings (SSSR count). The summed E-state index contributed by atoms with van der Waals surface area (Å²) in [4.78, 5) is 24.4. The first kappa shape index (κ1) is 17.0. The zero-order valence-electron chi connectivity index (χ0n) is 14.8. The maximum absolute atomic E-state index is 12.4. The number of carbonyl (C=O) groups is 1. The van der Waals surface area contributed by atoms with Crippen LogP contribution in [0.15, 0.2) is 81.1 Å². The van der Waals surface area contributed by atoms with E-state index in [1.807, 2.05) is 60.7 Å². The molecule has 0 unspecified atom stereocenters. The fourth-order valence-corrected chi connectivity index (χ4v) is 3.20. The Kier molecular flexibility index (Phi) is 4.42. The Hall–Kier alpha value is -3.47. The summed E-state index contributed by atoms with van der Waals surface area (Å²) in [5.41, 5.74) is 2.10. The largest absolute Gasteiger partial charge is 0.422 e. The summed E-state index contributed by atoms with van der Waals surface area (Å²) in [6.45, 7) is 1.47. The summed E-state index contributed by atoms with van der Waals surface area (Å²) < 4.78 is 5.41. The first-order valence-corrected chi connectivity index (χ1v) is 8.75. The van der Waals surface area contributed by atoms with Crippen LogP contribution >= 0.6 is 0 Å². The molecule has 0 bridgehead atoms. The van der Waals surface area contributed by atoms with E-state index < -0.39 is 5.63 Å². The van der Waals surface area contributed by atoms with Crippen LogP contribution in [0.4, 0.5) is 0 Å². The van der Waals surface area contributed by atoms with Crippen LogP contribution < -0.4 is 5.63 Å². The van der Waals surface area contributed by atoms with Gasteiger partial charge in [-0.1, -0.05) is 60.7 Å². The molecule has 1 aliphatic heterocycles. The lowest BCUT2D eigenvalue weighted by molar-refractivity contribution is -0.129. The Morgan fingerprint density at radius 3 is 2.67 bits per heavy atom. The van der Waals surface area contributed by atoms with Gasteiger partial charge in [-0.15, -0.1) is 0 Å². The zero-order chi connectivity index (χ0) is 18.8. The number of rotatable bonds is 3. The van der Waals surface area contributed by atoms with Gasteiger partial charge in [0.25, 0.3) is 0 Å². The van der Waals surface area contributed by atoms with E-state index in [1.165, 1.54) is 11.9 Å². The first-order valence-electron chi connectivity index (χ1n) is 8.75. The van der Waals surface area contributed by atoms with Crippen molar-refractivity contribution < 1.29 is 9.21 Å². The second kappa shape index (κ2) is 7.03. The van der Waals surface area contributed by atoms with Crippen LogP contribution in [0.2, 0.25) is 0 Å². The van der Waals surface area contributed by atoms with Gasteiger partial charge in [-0.25, -0.2) is 9.80 Å². The summed E-state index contributed by atoms with van der Waals surface area (Å²) in [6, 6.07) is 18.7. The average Bonchev–Trinajstić information content (AvgIpc) is 3.11. The van der Waals surface area contributed by atoms with Crippen LogP contribution in [0.5, 0.6) is 0 Å². The van der Waals surface area contributed by atoms with Crippen molar-refractivity contribution in [2.75, 3.05) is 0 Å². The SMILES string of the molecule is CC(=O)N1N=C(c2cc3ccccc3oc2=O)C[C@@H]1/C=C/c1ccccc1. The highest BCUT2D eigenvalue weighted by molar-refractivity contribution is 6.04. The van der Waals surface area contributed by atoms with Gasteiger partial charge in [-0.3, -0.25) is 4.79 Å². The molecule has 0 saturated carbocycles. The third kappa shape index (κ3) is 3.44. The first-order chi connectivity index (χ1) is 13.1. The minimum atomic E-state index is -0.441. The lowest BCUT2D eigenvalue weighted by Crippen LogP contribution is -2.29. The second-order valence-electron chi connectivity index (χ2n) is 6.44. The minimum absolute atomic E-state index is 0.169. The number of fused-ring (bicyclic) bond motifs is 1. The molecule has 1 aliphatic rings. The van der Waals surface area contributed by atoms with E-state index in [0.29, 0.717) is 23.3 Å². The van der Waals surface area contributed by atoms with Crippen LogP contribution in [0.3, 0.4) is 0 Å². The molecule has 27 heavy (non-hydrogen) atoms. The number of benzene rings is 2. The molecule has 2 aromatic carbocycles. The maximum Gasteiger partial charge on any atom is 0.345 e. The molecule has 3 aromatic rings. The Morgan fingerprint density at radius 2 is 1.89 bits per heavy atom. The van der Waals surface area contributed by atoms with E-state index in [9.17, 15) is 9.59 Å². The van der Waals surface area contributed by atoms with Gasteiger partial charge in [0.2, 0.25) is 5.91 Å². The van der Waals surface area contributed by atoms with Gasteiger partial charge >= 0.3 is 5.63 Å². The topological polar surface area (TPSA) is 62.9 Å². The highest BCUT2D eigenvalue weighted by atomic mass is 16.4. The van der Waals surface area contributed by atoms with E-state index in [4.69, 9.17) is 4.42 Å². The highest BCUT2D eigenvalue weighted by Gasteiger charge is 2.29. The van der Waals surface area contributed by atoms with Gasteiger partial charge in [0.05, 0.1) is 17.3 Å². The van der Waals surface area contributed by atoms with Crippen LogP contribution in [0.25, 0.3) is 17.0 Å². The van der Waals surface area contributed by atoms with Crippen molar-refractivity contribution in [3.8, 4) is 0 Å². The summed E-state index contributed by atoms with van der Waals surface area (Å²) >= 11 is 0. The fraction of sp³-hybridized carbons (Fsp3) is 0.136. The number of carbonyl (C=O) groups excluding carboxylic acids is 1. The molecule has 5 nitrogen and oxygen atoms in total. The molecule has 134 valence electrons. The average molecular weight is 358 g/mol. The molecule has 5 heteroatoms. The molecule has 0 radical (unpaired) electrons. The van der Waals surface area contributed by atoms with Crippen molar-refractivity contribution in [2.45, 2.75) is 19.4 Å². The number of para-hydroxylation sites is 1. The van der Waals surface area contributed by atoms with Crippen molar-refractivity contribution in [1.29, 1.82) is 0 Å². The molecule has 1 atom stereocenters. The van der Waals surface area contributed by atoms with Gasteiger partial charge in [0.15, 0.2) is 0 Å². The second-order valence-corrected chi connectivity index (χ2v) is 6.44. The molecular formula is C22H18N2O3. The lowest BCUT2D eigenvalue weighted by Gasteiger charge is -2.16. The molecule has 0 fully saturated rings. The van der Waals surface area contributed by atoms with Crippen molar-refractivity contribution in [1.82, 2.24) is 5.01 Å². The minimum Gasteiger partial charge on any atom is -0.422 e. The predicted octanol–water partition coefficient (Wildman–Crippen LogP) is 3.83. The van der Waals surface area contributed by atoms with E-state index in [0.717, 1.165) is 10.9 Å². The van der Waals surface area contributed by atoms with Crippen LogP contribution in [0, 0.1) is 0 Å². The molecule has 0 N–H and O–H groups in total. The van der Waals surface area contributed by atoms with Crippen LogP contribution in [-0.2, 0) is 4.79 Å². The number of hydrazone groups is 1. The standard InChI is InChI=1S/C22H18N2O3/c1-15(25)24-18(12-11-16-7-3-2-4-8-16)14-20(23-24)19-13-17-9-5-6-10-21(17)27-22(19)26/h2-13,18H,14H2,1H3/b12-11+/t18-/m0/s1. The van der Waals surface area contributed by atoms with Crippen molar-refractivity contribution in [2.24, 2.45) is 5.10 Å².